The van der Waals surface area contributed by atoms with Crippen LogP contribution >= 0.6 is 0 Å². The minimum Gasteiger partial charge on any atom is -0.406 e. The number of hydrogen-bond acceptors (Lipinski definition) is 3. The van der Waals surface area contributed by atoms with Crippen molar-refractivity contribution < 1.29 is 22.7 Å². The Hall–Kier alpha value is -2.31. The quantitative estimate of drug-likeness (QED) is 0.805. The van der Waals surface area contributed by atoms with E-state index in [1.807, 2.05) is 0 Å². The zero-order valence-electron chi connectivity index (χ0n) is 9.81. The highest BCUT2D eigenvalue weighted by molar-refractivity contribution is 5.85. The topological polar surface area (TPSA) is 44.1 Å². The average Bonchev–Trinajstić information content (AvgIpc) is 2.69. The molecule has 0 amide bonds. The molecule has 2 rings (SSSR count). The van der Waals surface area contributed by atoms with E-state index in [0.717, 1.165) is 0 Å². The summed E-state index contributed by atoms with van der Waals surface area (Å²) in [4.78, 5) is 10.8. The molecule has 100 valence electrons. The molecule has 0 saturated heterocycles. The summed E-state index contributed by atoms with van der Waals surface area (Å²) in [6.45, 7) is 0. The van der Waals surface area contributed by atoms with Crippen molar-refractivity contribution in [3.05, 3.63) is 36.0 Å². The molecule has 19 heavy (non-hydrogen) atoms. The van der Waals surface area contributed by atoms with E-state index in [0.29, 0.717) is 23.1 Å². The van der Waals surface area contributed by atoms with Gasteiger partial charge < -0.3 is 4.74 Å². The number of hydrogen-bond donors (Lipinski definition) is 0. The van der Waals surface area contributed by atoms with Crippen LogP contribution < -0.4 is 4.74 Å². The summed E-state index contributed by atoms with van der Waals surface area (Å²) in [5.41, 5.74) is 1.32. The number of aromatic nitrogens is 2. The Morgan fingerprint density at radius 1 is 1.26 bits per heavy atom. The minimum absolute atomic E-state index is 0.320. The summed E-state index contributed by atoms with van der Waals surface area (Å²) in [7, 11) is 1.65. The maximum absolute atomic E-state index is 12.0. The summed E-state index contributed by atoms with van der Waals surface area (Å²) < 4.78 is 41.2. The van der Waals surface area contributed by atoms with Crippen LogP contribution in [0.5, 0.6) is 5.75 Å². The maximum Gasteiger partial charge on any atom is 0.573 e. The average molecular weight is 270 g/mol. The molecule has 0 aliphatic carbocycles. The van der Waals surface area contributed by atoms with E-state index < -0.39 is 6.36 Å². The van der Waals surface area contributed by atoms with E-state index in [2.05, 4.69) is 9.84 Å². The fraction of sp³-hybridized carbons (Fsp3) is 0.167. The Balaban J connectivity index is 2.29. The van der Waals surface area contributed by atoms with Crippen molar-refractivity contribution >= 4 is 6.29 Å². The molecule has 4 nitrogen and oxygen atoms in total. The van der Waals surface area contributed by atoms with Gasteiger partial charge in [0.15, 0.2) is 6.29 Å². The Labute approximate surface area is 106 Å². The Bertz CT molecular complexity index is 588. The van der Waals surface area contributed by atoms with Gasteiger partial charge in [0.2, 0.25) is 0 Å². The van der Waals surface area contributed by atoms with Crippen molar-refractivity contribution in [1.29, 1.82) is 0 Å². The van der Waals surface area contributed by atoms with Gasteiger partial charge in [-0.3, -0.25) is 9.48 Å². The van der Waals surface area contributed by atoms with Gasteiger partial charge in [0.1, 0.15) is 11.4 Å². The minimum atomic E-state index is -4.72. The molecule has 0 N–H and O–H groups in total. The van der Waals surface area contributed by atoms with E-state index in [-0.39, 0.29) is 5.75 Å². The van der Waals surface area contributed by atoms with Crippen molar-refractivity contribution in [2.24, 2.45) is 7.05 Å². The molecule has 0 saturated carbocycles. The van der Waals surface area contributed by atoms with Crippen LogP contribution in [0.25, 0.3) is 11.3 Å². The first-order chi connectivity index (χ1) is 8.89. The molecule has 0 spiro atoms. The molecular formula is C12H9F3N2O2. The fourth-order valence-electron chi connectivity index (χ4n) is 1.63. The van der Waals surface area contributed by atoms with Gasteiger partial charge in [0.25, 0.3) is 0 Å². The van der Waals surface area contributed by atoms with Gasteiger partial charge in [0, 0.05) is 18.8 Å². The van der Waals surface area contributed by atoms with Crippen molar-refractivity contribution in [2.45, 2.75) is 6.36 Å². The van der Waals surface area contributed by atoms with Crippen LogP contribution in [0.1, 0.15) is 10.4 Å². The smallest absolute Gasteiger partial charge is 0.406 e. The number of nitrogens with zero attached hydrogens (tertiary/aromatic N) is 2. The molecule has 0 aliphatic heterocycles. The van der Waals surface area contributed by atoms with Crippen LogP contribution in [0.3, 0.4) is 0 Å². The van der Waals surface area contributed by atoms with Gasteiger partial charge in [-0.2, -0.15) is 5.10 Å². The van der Waals surface area contributed by atoms with E-state index in [1.165, 1.54) is 35.1 Å². The number of ether oxygens (including phenoxy) is 1. The number of rotatable bonds is 3. The lowest BCUT2D eigenvalue weighted by Crippen LogP contribution is -2.16. The number of aldehydes is 1. The molecule has 0 atom stereocenters. The zero-order chi connectivity index (χ0) is 14.0. The molecule has 1 heterocycles. The summed E-state index contributed by atoms with van der Waals surface area (Å²) in [5.74, 6) is -0.320. The van der Waals surface area contributed by atoms with Gasteiger partial charge in [-0.05, 0) is 24.3 Å². The monoisotopic (exact) mass is 270 g/mol. The molecule has 0 fully saturated rings. The molecule has 0 bridgehead atoms. The number of aryl methyl sites for hydroxylation is 1. The van der Waals surface area contributed by atoms with Crippen LogP contribution in [-0.2, 0) is 7.05 Å². The van der Waals surface area contributed by atoms with E-state index in [4.69, 9.17) is 0 Å². The van der Waals surface area contributed by atoms with E-state index in [9.17, 15) is 18.0 Å². The first-order valence-corrected chi connectivity index (χ1v) is 5.24. The molecule has 7 heteroatoms. The lowest BCUT2D eigenvalue weighted by molar-refractivity contribution is -0.274. The highest BCUT2D eigenvalue weighted by Gasteiger charge is 2.31. The SMILES string of the molecule is Cn1cc(C=O)c(-c2ccc(OC(F)(F)F)cc2)n1. The normalized spacial score (nSPS) is 11.4. The lowest BCUT2D eigenvalue weighted by Gasteiger charge is -2.08. The molecule has 1 aromatic heterocycles. The van der Waals surface area contributed by atoms with Crippen LogP contribution in [0, 0.1) is 0 Å². The second-order valence-corrected chi connectivity index (χ2v) is 3.80. The number of alkyl halides is 3. The Morgan fingerprint density at radius 2 is 1.89 bits per heavy atom. The summed E-state index contributed by atoms with van der Waals surface area (Å²) in [6, 6.07) is 5.17. The van der Waals surface area contributed by atoms with Crippen LogP contribution in [0.2, 0.25) is 0 Å². The van der Waals surface area contributed by atoms with E-state index in [1.54, 1.807) is 7.05 Å². The van der Waals surface area contributed by atoms with Crippen LogP contribution in [-0.4, -0.2) is 22.4 Å². The summed E-state index contributed by atoms with van der Waals surface area (Å²) in [5, 5.41) is 4.08. The highest BCUT2D eigenvalue weighted by atomic mass is 19.4. The van der Waals surface area contributed by atoms with Crippen molar-refractivity contribution in [3.63, 3.8) is 0 Å². The molecule has 0 radical (unpaired) electrons. The first kappa shape index (κ1) is 13.1. The van der Waals surface area contributed by atoms with Crippen LogP contribution in [0.4, 0.5) is 13.2 Å². The Kier molecular flexibility index (Phi) is 3.28. The van der Waals surface area contributed by atoms with Crippen LogP contribution in [0.15, 0.2) is 30.5 Å². The van der Waals surface area contributed by atoms with Crippen molar-refractivity contribution in [1.82, 2.24) is 9.78 Å². The number of carbonyl (C=O) groups is 1. The van der Waals surface area contributed by atoms with Crippen molar-refractivity contribution in [3.8, 4) is 17.0 Å². The fourth-order valence-corrected chi connectivity index (χ4v) is 1.63. The largest absolute Gasteiger partial charge is 0.573 e. The first-order valence-electron chi connectivity index (χ1n) is 5.24. The predicted molar refractivity (Wildman–Crippen MR) is 60.7 cm³/mol. The third-order valence-electron chi connectivity index (χ3n) is 2.35. The standard InChI is InChI=1S/C12H9F3N2O2/c1-17-6-9(7-18)11(16-17)8-2-4-10(5-3-8)19-12(13,14)15/h2-7H,1H3. The predicted octanol–water partition coefficient (Wildman–Crippen LogP) is 2.80. The number of halogens is 3. The molecular weight excluding hydrogens is 261 g/mol. The summed E-state index contributed by atoms with van der Waals surface area (Å²) in [6.07, 6.45) is -2.55. The van der Waals surface area contributed by atoms with Gasteiger partial charge in [0.05, 0.1) is 5.56 Å². The van der Waals surface area contributed by atoms with Gasteiger partial charge >= 0.3 is 6.36 Å². The van der Waals surface area contributed by atoms with Crippen molar-refractivity contribution in [2.75, 3.05) is 0 Å². The lowest BCUT2D eigenvalue weighted by atomic mass is 10.1. The highest BCUT2D eigenvalue weighted by Crippen LogP contribution is 2.26. The third kappa shape index (κ3) is 3.12. The maximum atomic E-state index is 12.0. The number of benzene rings is 1. The van der Waals surface area contributed by atoms with E-state index >= 15 is 0 Å². The zero-order valence-corrected chi connectivity index (χ0v) is 9.81. The number of carbonyl (C=O) groups excluding carboxylic acids is 1. The molecule has 2 aromatic rings. The molecule has 0 aliphatic rings. The van der Waals surface area contributed by atoms with Gasteiger partial charge in [-0.25, -0.2) is 0 Å². The van der Waals surface area contributed by atoms with Gasteiger partial charge in [-0.1, -0.05) is 0 Å². The Morgan fingerprint density at radius 3 is 2.42 bits per heavy atom. The summed E-state index contributed by atoms with van der Waals surface area (Å²) >= 11 is 0. The third-order valence-corrected chi connectivity index (χ3v) is 2.35. The molecule has 0 unspecified atom stereocenters. The van der Waals surface area contributed by atoms with Gasteiger partial charge in [-0.15, -0.1) is 13.2 Å². The molecule has 1 aromatic carbocycles. The second-order valence-electron chi connectivity index (χ2n) is 3.80. The second kappa shape index (κ2) is 4.75.